The largest absolute Gasteiger partial charge is 0.378 e. The quantitative estimate of drug-likeness (QED) is 0.408. The number of likely N-dealkylation sites (N-methyl/N-ethyl adjacent to an activating group) is 1. The molecule has 2 saturated heterocycles. The molecule has 34 heavy (non-hydrogen) atoms. The van der Waals surface area contributed by atoms with E-state index in [1.165, 1.54) is 4.90 Å². The number of carbonyl (C=O) groups excluding carboxylic acids is 2. The van der Waals surface area contributed by atoms with Crippen molar-refractivity contribution in [1.29, 1.82) is 0 Å². The molecule has 174 valence electrons. The molecule has 0 spiro atoms. The molecule has 7 nitrogen and oxygen atoms in total. The summed E-state index contributed by atoms with van der Waals surface area (Å²) in [7, 11) is 1.78. The molecule has 3 aromatic rings. The number of rotatable bonds is 4. The van der Waals surface area contributed by atoms with Crippen molar-refractivity contribution in [3.8, 4) is 0 Å². The molecular formula is C25H23ClN4O3S. The summed E-state index contributed by atoms with van der Waals surface area (Å²) in [6.45, 7) is 2.56. The Hall–Kier alpha value is -3.20. The van der Waals surface area contributed by atoms with Gasteiger partial charge in [-0.15, -0.1) is 0 Å². The first-order valence-electron chi connectivity index (χ1n) is 11.0. The third-order valence-electron chi connectivity index (χ3n) is 6.13. The van der Waals surface area contributed by atoms with Crippen molar-refractivity contribution in [1.82, 2.24) is 14.4 Å². The molecule has 2 aliphatic rings. The van der Waals surface area contributed by atoms with Crippen LogP contribution in [0.15, 0.2) is 60.4 Å². The molecule has 0 N–H and O–H groups in total. The topological polar surface area (TPSA) is 58.0 Å². The van der Waals surface area contributed by atoms with Crippen LogP contribution in [-0.4, -0.2) is 64.6 Å². The number of anilines is 1. The van der Waals surface area contributed by atoms with Gasteiger partial charge in [-0.05, 0) is 48.6 Å². The minimum Gasteiger partial charge on any atom is -0.378 e. The number of para-hydroxylation sites is 1. The lowest BCUT2D eigenvalue weighted by Gasteiger charge is -2.27. The van der Waals surface area contributed by atoms with Crippen LogP contribution in [0.5, 0.6) is 0 Å². The zero-order valence-corrected chi connectivity index (χ0v) is 20.2. The molecule has 1 aromatic heterocycles. The fourth-order valence-electron chi connectivity index (χ4n) is 4.30. The summed E-state index contributed by atoms with van der Waals surface area (Å²) in [5.41, 5.74) is 2.90. The number of hydrogen-bond acceptors (Lipinski definition) is 4. The predicted molar refractivity (Wildman–Crippen MR) is 137 cm³/mol. The third-order valence-corrected chi connectivity index (χ3v) is 6.84. The van der Waals surface area contributed by atoms with E-state index in [0.29, 0.717) is 47.8 Å². The minimum absolute atomic E-state index is 0.0485. The smallest absolute Gasteiger partial charge is 0.281 e. The zero-order chi connectivity index (χ0) is 23.8. The highest BCUT2D eigenvalue weighted by Crippen LogP contribution is 2.31. The van der Waals surface area contributed by atoms with Crippen LogP contribution < -0.4 is 4.90 Å². The van der Waals surface area contributed by atoms with Gasteiger partial charge in [0.2, 0.25) is 5.91 Å². The molecule has 3 heterocycles. The Bertz CT molecular complexity index is 1310. The van der Waals surface area contributed by atoms with Crippen LogP contribution in [-0.2, 0) is 20.9 Å². The number of halogens is 1. The van der Waals surface area contributed by atoms with Gasteiger partial charge in [-0.2, -0.15) is 0 Å². The van der Waals surface area contributed by atoms with Crippen molar-refractivity contribution >= 4 is 63.4 Å². The molecule has 0 saturated carbocycles. The van der Waals surface area contributed by atoms with E-state index in [1.54, 1.807) is 36.2 Å². The standard InChI is InChI=1S/C25H23ClN4O3S/c1-27-22(24(32)30(25(27)34)19-8-6-18(26)7-9-19)14-17-15-29(21-5-3-2-4-20(17)21)16-23(31)28-10-12-33-13-11-28/h2-9,14-15H,10-13,16H2,1H3/b22-14+. The molecule has 0 bridgehead atoms. The first-order valence-corrected chi connectivity index (χ1v) is 11.8. The van der Waals surface area contributed by atoms with Crippen molar-refractivity contribution in [3.63, 3.8) is 0 Å². The van der Waals surface area contributed by atoms with Crippen LogP contribution in [0.1, 0.15) is 5.56 Å². The van der Waals surface area contributed by atoms with Crippen molar-refractivity contribution in [2.75, 3.05) is 38.3 Å². The number of ether oxygens (including phenoxy) is 1. The number of hydrogen-bond donors (Lipinski definition) is 0. The number of amides is 2. The summed E-state index contributed by atoms with van der Waals surface area (Å²) in [6, 6.07) is 14.9. The number of fused-ring (bicyclic) bond motifs is 1. The highest BCUT2D eigenvalue weighted by Gasteiger charge is 2.37. The molecular weight excluding hydrogens is 472 g/mol. The minimum atomic E-state index is -0.212. The summed E-state index contributed by atoms with van der Waals surface area (Å²) in [5, 5.41) is 1.94. The number of benzene rings is 2. The maximum absolute atomic E-state index is 13.4. The van der Waals surface area contributed by atoms with Gasteiger partial charge in [0.1, 0.15) is 12.2 Å². The summed E-state index contributed by atoms with van der Waals surface area (Å²) in [5.74, 6) is -0.163. The van der Waals surface area contributed by atoms with Gasteiger partial charge in [0, 0.05) is 47.8 Å². The van der Waals surface area contributed by atoms with Crippen LogP contribution in [0, 0.1) is 0 Å². The summed E-state index contributed by atoms with van der Waals surface area (Å²) in [4.78, 5) is 31.3. The zero-order valence-electron chi connectivity index (χ0n) is 18.6. The lowest BCUT2D eigenvalue weighted by Crippen LogP contribution is -2.42. The summed E-state index contributed by atoms with van der Waals surface area (Å²) < 4.78 is 7.30. The van der Waals surface area contributed by atoms with Crippen molar-refractivity contribution in [2.45, 2.75) is 6.54 Å². The maximum atomic E-state index is 13.4. The molecule has 9 heteroatoms. The maximum Gasteiger partial charge on any atom is 0.281 e. The third kappa shape index (κ3) is 4.09. The highest BCUT2D eigenvalue weighted by atomic mass is 35.5. The Balaban J connectivity index is 1.49. The molecule has 2 aromatic carbocycles. The van der Waals surface area contributed by atoms with Gasteiger partial charge in [0.05, 0.1) is 18.9 Å². The van der Waals surface area contributed by atoms with Crippen molar-refractivity contribution in [2.24, 2.45) is 0 Å². The Kier molecular flexibility index (Phi) is 6.12. The van der Waals surface area contributed by atoms with Crippen LogP contribution >= 0.6 is 23.8 Å². The number of aromatic nitrogens is 1. The van der Waals surface area contributed by atoms with Gasteiger partial charge in [-0.3, -0.25) is 14.5 Å². The molecule has 0 atom stereocenters. The Labute approximate surface area is 207 Å². The van der Waals surface area contributed by atoms with Crippen LogP contribution in [0.3, 0.4) is 0 Å². The Morgan fingerprint density at radius 2 is 1.82 bits per heavy atom. The van der Waals surface area contributed by atoms with E-state index < -0.39 is 0 Å². The van der Waals surface area contributed by atoms with Gasteiger partial charge in [0.25, 0.3) is 5.91 Å². The van der Waals surface area contributed by atoms with Crippen molar-refractivity contribution < 1.29 is 14.3 Å². The molecule has 0 unspecified atom stereocenters. The number of morpholine rings is 1. The molecule has 2 amide bonds. The van der Waals surface area contributed by atoms with Crippen molar-refractivity contribution in [3.05, 3.63) is 71.0 Å². The number of carbonyl (C=O) groups is 2. The average Bonchev–Trinajstić information content (AvgIpc) is 3.30. The van der Waals surface area contributed by atoms with E-state index >= 15 is 0 Å². The lowest BCUT2D eigenvalue weighted by molar-refractivity contribution is -0.135. The number of nitrogens with zero attached hydrogens (tertiary/aromatic N) is 4. The highest BCUT2D eigenvalue weighted by molar-refractivity contribution is 7.80. The van der Waals surface area contributed by atoms with Crippen LogP contribution in [0.25, 0.3) is 17.0 Å². The first kappa shape index (κ1) is 22.6. The van der Waals surface area contributed by atoms with Crippen LogP contribution in [0.2, 0.25) is 5.02 Å². The second kappa shape index (κ2) is 9.21. The summed E-state index contributed by atoms with van der Waals surface area (Å²) >= 11 is 11.6. The molecule has 2 fully saturated rings. The first-order chi connectivity index (χ1) is 16.4. The molecule has 0 aliphatic carbocycles. The summed E-state index contributed by atoms with van der Waals surface area (Å²) in [6.07, 6.45) is 3.76. The van der Waals surface area contributed by atoms with E-state index in [4.69, 9.17) is 28.6 Å². The molecule has 2 aliphatic heterocycles. The van der Waals surface area contributed by atoms with Gasteiger partial charge >= 0.3 is 0 Å². The van der Waals surface area contributed by atoms with Crippen LogP contribution in [0.4, 0.5) is 5.69 Å². The Morgan fingerprint density at radius 1 is 1.12 bits per heavy atom. The fourth-order valence-corrected chi connectivity index (χ4v) is 4.71. The Morgan fingerprint density at radius 3 is 2.56 bits per heavy atom. The average molecular weight is 495 g/mol. The van der Waals surface area contributed by atoms with E-state index in [0.717, 1.165) is 16.5 Å². The van der Waals surface area contributed by atoms with E-state index in [2.05, 4.69) is 0 Å². The van der Waals surface area contributed by atoms with Gasteiger partial charge in [0.15, 0.2) is 5.11 Å². The lowest BCUT2D eigenvalue weighted by atomic mass is 10.1. The van der Waals surface area contributed by atoms with Gasteiger partial charge < -0.3 is 19.1 Å². The number of thiocarbonyl (C=S) groups is 1. The SMILES string of the molecule is CN1C(=S)N(c2ccc(Cl)cc2)C(=O)/C1=C\c1cn(CC(=O)N2CCOCC2)c2ccccc12. The van der Waals surface area contributed by atoms with Gasteiger partial charge in [-0.1, -0.05) is 29.8 Å². The fraction of sp³-hybridized carbons (Fsp3) is 0.240. The normalized spacial score (nSPS) is 17.9. The molecule has 0 radical (unpaired) electrons. The van der Waals surface area contributed by atoms with E-state index in [-0.39, 0.29) is 18.4 Å². The molecule has 5 rings (SSSR count). The monoisotopic (exact) mass is 494 g/mol. The van der Waals surface area contributed by atoms with Gasteiger partial charge in [-0.25, -0.2) is 0 Å². The predicted octanol–water partition coefficient (Wildman–Crippen LogP) is 3.76. The second-order valence-electron chi connectivity index (χ2n) is 8.21. The second-order valence-corrected chi connectivity index (χ2v) is 9.01. The van der Waals surface area contributed by atoms with E-state index in [9.17, 15) is 9.59 Å². The van der Waals surface area contributed by atoms with E-state index in [1.807, 2.05) is 46.0 Å².